The fourth-order valence-electron chi connectivity index (χ4n) is 5.66. The summed E-state index contributed by atoms with van der Waals surface area (Å²) in [6.07, 6.45) is 12.6. The van der Waals surface area contributed by atoms with Crippen LogP contribution in [0.1, 0.15) is 66.9 Å². The van der Waals surface area contributed by atoms with Crippen molar-refractivity contribution in [2.75, 3.05) is 32.0 Å². The fourth-order valence-corrected chi connectivity index (χ4v) is 5.66. The van der Waals surface area contributed by atoms with Crippen molar-refractivity contribution < 1.29 is 4.79 Å². The quantitative estimate of drug-likeness (QED) is 0.475. The summed E-state index contributed by atoms with van der Waals surface area (Å²) >= 11 is 0. The normalized spacial score (nSPS) is 18.9. The fraction of sp³-hybridized carbons (Fsp3) is 0.520. The Bertz CT molecular complexity index is 1090. The van der Waals surface area contributed by atoms with Gasteiger partial charge in [-0.3, -0.25) is 4.79 Å². The van der Waals surface area contributed by atoms with Crippen LogP contribution >= 0.6 is 0 Å². The number of rotatable bonds is 7. The molecule has 8 heteroatoms. The number of aromatic nitrogens is 4. The zero-order valence-electron chi connectivity index (χ0n) is 19.3. The molecule has 1 aliphatic carbocycles. The van der Waals surface area contributed by atoms with Crippen LogP contribution in [-0.2, 0) is 5.54 Å². The monoisotopic (exact) mass is 447 g/mol. The van der Waals surface area contributed by atoms with Gasteiger partial charge in [-0.2, -0.15) is 4.98 Å². The van der Waals surface area contributed by atoms with Gasteiger partial charge in [0.1, 0.15) is 11.5 Å². The first kappa shape index (κ1) is 22.0. The molecule has 1 saturated carbocycles. The van der Waals surface area contributed by atoms with Gasteiger partial charge in [0.05, 0.1) is 11.2 Å². The number of carbonyl (C=O) groups excluding carboxylic acids is 1. The van der Waals surface area contributed by atoms with E-state index in [4.69, 9.17) is 4.98 Å². The highest BCUT2D eigenvalue weighted by atomic mass is 16.1. The average Bonchev–Trinajstić information content (AvgIpc) is 3.24. The molecule has 33 heavy (non-hydrogen) atoms. The van der Waals surface area contributed by atoms with E-state index in [0.29, 0.717) is 17.6 Å². The number of likely N-dealkylation sites (N-methyl/N-ethyl adjacent to an activating group) is 1. The summed E-state index contributed by atoms with van der Waals surface area (Å²) in [6, 6.07) is 6.07. The van der Waals surface area contributed by atoms with E-state index in [1.807, 2.05) is 25.4 Å². The molecule has 1 saturated heterocycles. The maximum atomic E-state index is 12.0. The Hall–Kier alpha value is -2.84. The lowest BCUT2D eigenvalue weighted by atomic mass is 9.81. The number of hydrogen-bond donors (Lipinski definition) is 3. The summed E-state index contributed by atoms with van der Waals surface area (Å²) in [5.74, 6) is 1.80. The largest absolute Gasteiger partial charge is 0.317 e. The van der Waals surface area contributed by atoms with E-state index in [0.717, 1.165) is 81.3 Å². The molecule has 1 aliphatic heterocycles. The molecule has 3 N–H and O–H groups in total. The van der Waals surface area contributed by atoms with Gasteiger partial charge in [-0.15, -0.1) is 0 Å². The summed E-state index contributed by atoms with van der Waals surface area (Å²) in [4.78, 5) is 26.0. The van der Waals surface area contributed by atoms with Crippen LogP contribution in [0, 0.1) is 0 Å². The van der Waals surface area contributed by atoms with Crippen molar-refractivity contribution in [2.45, 2.75) is 56.4 Å². The zero-order valence-corrected chi connectivity index (χ0v) is 19.3. The summed E-state index contributed by atoms with van der Waals surface area (Å²) in [5, 5.41) is 10.9. The number of nitrogens with zero attached hydrogens (tertiary/aromatic N) is 4. The summed E-state index contributed by atoms with van der Waals surface area (Å²) in [5.41, 5.74) is 2.61. The SMILES string of the molecule is CNCC1(n2c(C=O)cc3cnc(Nc4ccc(C5CCNCC5)cn4)nc32)CCCCC1. The van der Waals surface area contributed by atoms with Crippen LogP contribution < -0.4 is 16.0 Å². The zero-order chi connectivity index (χ0) is 22.7. The highest BCUT2D eigenvalue weighted by Gasteiger charge is 2.36. The lowest BCUT2D eigenvalue weighted by molar-refractivity contribution is 0.109. The lowest BCUT2D eigenvalue weighted by Crippen LogP contribution is -2.44. The van der Waals surface area contributed by atoms with Gasteiger partial charge in [-0.1, -0.05) is 25.3 Å². The molecule has 0 unspecified atom stereocenters. The smallest absolute Gasteiger partial charge is 0.230 e. The van der Waals surface area contributed by atoms with Gasteiger partial charge >= 0.3 is 0 Å². The van der Waals surface area contributed by atoms with Gasteiger partial charge in [0.25, 0.3) is 0 Å². The van der Waals surface area contributed by atoms with Gasteiger partial charge in [-0.25, -0.2) is 9.97 Å². The molecule has 4 heterocycles. The minimum Gasteiger partial charge on any atom is -0.317 e. The van der Waals surface area contributed by atoms with E-state index in [1.165, 1.54) is 12.0 Å². The minimum absolute atomic E-state index is 0.147. The molecule has 0 atom stereocenters. The number of fused-ring (bicyclic) bond motifs is 1. The molecule has 3 aromatic heterocycles. The first-order chi connectivity index (χ1) is 16.2. The van der Waals surface area contributed by atoms with Crippen LogP contribution in [0.2, 0.25) is 0 Å². The standard InChI is InChI=1S/C25H33N7O/c1-26-17-25(9-3-2-4-10-25)32-21(16-33)13-20-15-29-24(31-23(20)32)30-22-6-5-19(14-28-22)18-7-11-27-12-8-18/h5-6,13-16,18,26-27H,2-4,7-12,17H2,1H3,(H,28,29,30,31). The van der Waals surface area contributed by atoms with Crippen molar-refractivity contribution >= 4 is 29.1 Å². The number of carbonyl (C=O) groups is 1. The molecule has 3 aromatic rings. The van der Waals surface area contributed by atoms with Crippen molar-refractivity contribution in [1.29, 1.82) is 0 Å². The summed E-state index contributed by atoms with van der Waals surface area (Å²) in [6.45, 7) is 2.94. The lowest BCUT2D eigenvalue weighted by Gasteiger charge is -2.40. The second-order valence-corrected chi connectivity index (χ2v) is 9.44. The molecule has 2 aliphatic rings. The summed E-state index contributed by atoms with van der Waals surface area (Å²) < 4.78 is 2.16. The topological polar surface area (TPSA) is 96.8 Å². The third kappa shape index (κ3) is 4.37. The Kier molecular flexibility index (Phi) is 6.37. The average molecular weight is 448 g/mol. The second kappa shape index (κ2) is 9.57. The van der Waals surface area contributed by atoms with Crippen molar-refractivity contribution in [1.82, 2.24) is 30.2 Å². The van der Waals surface area contributed by atoms with Crippen molar-refractivity contribution in [3.63, 3.8) is 0 Å². The third-order valence-electron chi connectivity index (χ3n) is 7.29. The molecular formula is C25H33N7O. The van der Waals surface area contributed by atoms with Crippen LogP contribution in [0.15, 0.2) is 30.6 Å². The molecule has 0 aromatic carbocycles. The predicted molar refractivity (Wildman–Crippen MR) is 130 cm³/mol. The first-order valence-corrected chi connectivity index (χ1v) is 12.1. The Morgan fingerprint density at radius 3 is 2.67 bits per heavy atom. The van der Waals surface area contributed by atoms with Gasteiger partial charge in [0.15, 0.2) is 6.29 Å². The Labute approximate surface area is 194 Å². The van der Waals surface area contributed by atoms with E-state index in [9.17, 15) is 4.79 Å². The third-order valence-corrected chi connectivity index (χ3v) is 7.29. The van der Waals surface area contributed by atoms with Gasteiger partial charge in [0, 0.05) is 24.3 Å². The second-order valence-electron chi connectivity index (χ2n) is 9.44. The summed E-state index contributed by atoms with van der Waals surface area (Å²) in [7, 11) is 1.98. The van der Waals surface area contributed by atoms with Gasteiger partial charge in [0.2, 0.25) is 5.95 Å². The van der Waals surface area contributed by atoms with E-state index >= 15 is 0 Å². The van der Waals surface area contributed by atoms with E-state index < -0.39 is 0 Å². The van der Waals surface area contributed by atoms with E-state index in [-0.39, 0.29) is 5.54 Å². The molecule has 0 radical (unpaired) electrons. The molecule has 0 spiro atoms. The number of aldehydes is 1. The number of pyridine rings is 1. The molecule has 2 fully saturated rings. The van der Waals surface area contributed by atoms with E-state index in [2.05, 4.69) is 36.6 Å². The Balaban J connectivity index is 1.45. The van der Waals surface area contributed by atoms with Crippen LogP contribution in [0.5, 0.6) is 0 Å². The molecule has 5 rings (SSSR count). The van der Waals surface area contributed by atoms with Crippen molar-refractivity contribution in [3.05, 3.63) is 41.9 Å². The van der Waals surface area contributed by atoms with Crippen LogP contribution in [0.25, 0.3) is 11.0 Å². The highest BCUT2D eigenvalue weighted by Crippen LogP contribution is 2.38. The molecular weight excluding hydrogens is 414 g/mol. The first-order valence-electron chi connectivity index (χ1n) is 12.1. The minimum atomic E-state index is -0.147. The van der Waals surface area contributed by atoms with Gasteiger partial charge < -0.3 is 20.5 Å². The molecule has 174 valence electrons. The van der Waals surface area contributed by atoms with Crippen LogP contribution in [-0.4, -0.2) is 52.5 Å². The Morgan fingerprint density at radius 1 is 1.15 bits per heavy atom. The van der Waals surface area contributed by atoms with Crippen molar-refractivity contribution in [3.8, 4) is 0 Å². The van der Waals surface area contributed by atoms with Crippen LogP contribution in [0.4, 0.5) is 11.8 Å². The van der Waals surface area contributed by atoms with Gasteiger partial charge in [-0.05, 0) is 69.4 Å². The maximum absolute atomic E-state index is 12.0. The Morgan fingerprint density at radius 2 is 1.97 bits per heavy atom. The number of nitrogens with one attached hydrogen (secondary N) is 3. The van der Waals surface area contributed by atoms with Crippen molar-refractivity contribution in [2.24, 2.45) is 0 Å². The number of piperidine rings is 1. The molecule has 0 bridgehead atoms. The van der Waals surface area contributed by atoms with Crippen LogP contribution in [0.3, 0.4) is 0 Å². The molecule has 0 amide bonds. The molecule has 8 nitrogen and oxygen atoms in total. The predicted octanol–water partition coefficient (Wildman–Crippen LogP) is 3.73. The number of anilines is 2. The maximum Gasteiger partial charge on any atom is 0.230 e. The number of hydrogen-bond acceptors (Lipinski definition) is 7. The van der Waals surface area contributed by atoms with E-state index in [1.54, 1.807) is 6.20 Å². The highest BCUT2D eigenvalue weighted by molar-refractivity contribution is 5.87.